The third-order valence-corrected chi connectivity index (χ3v) is 3.94. The third-order valence-electron chi connectivity index (χ3n) is 3.56. The lowest BCUT2D eigenvalue weighted by molar-refractivity contribution is -0.156. The highest BCUT2D eigenvalue weighted by atomic mass is 32.2. The first-order valence-electron chi connectivity index (χ1n) is 6.44. The molecule has 1 N–H and O–H groups in total. The van der Waals surface area contributed by atoms with Crippen molar-refractivity contribution in [2.24, 2.45) is 5.92 Å². The number of fused-ring (bicyclic) bond motifs is 2. The molecule has 2 aliphatic rings. The molecule has 0 radical (unpaired) electrons. The van der Waals surface area contributed by atoms with Gasteiger partial charge in [-0.25, -0.2) is 4.21 Å². The number of hydrogen-bond acceptors (Lipinski definition) is 7. The summed E-state index contributed by atoms with van der Waals surface area (Å²) < 4.78 is 37.0. The van der Waals surface area contributed by atoms with Gasteiger partial charge < -0.3 is 19.3 Å². The maximum absolute atomic E-state index is 11.7. The minimum atomic E-state index is -2.72. The fourth-order valence-corrected chi connectivity index (χ4v) is 3.08. The highest BCUT2D eigenvalue weighted by molar-refractivity contribution is 7.74. The van der Waals surface area contributed by atoms with Gasteiger partial charge in [0.05, 0.1) is 17.5 Å². The topological polar surface area (TPSA) is 114 Å². The Labute approximate surface area is 124 Å². The predicted octanol–water partition coefficient (Wildman–Crippen LogP) is -0.813. The van der Waals surface area contributed by atoms with Gasteiger partial charge in [-0.3, -0.25) is 13.8 Å². The van der Waals surface area contributed by atoms with Gasteiger partial charge in [-0.05, 0) is 18.4 Å². The second kappa shape index (κ2) is 6.65. The maximum Gasteiger partial charge on any atom is 0.325 e. The molecule has 0 aromatic rings. The predicted molar refractivity (Wildman–Crippen MR) is 69.3 cm³/mol. The van der Waals surface area contributed by atoms with E-state index in [1.807, 2.05) is 6.92 Å². The van der Waals surface area contributed by atoms with Crippen LogP contribution in [-0.4, -0.2) is 51.6 Å². The fourth-order valence-electron chi connectivity index (χ4n) is 2.67. The van der Waals surface area contributed by atoms with Crippen LogP contribution in [0.2, 0.25) is 0 Å². The largest absolute Gasteiger partial charge is 0.750 e. The van der Waals surface area contributed by atoms with Crippen LogP contribution in [-0.2, 0) is 34.6 Å². The zero-order valence-corrected chi connectivity index (χ0v) is 12.2. The molecule has 0 aromatic carbocycles. The molecule has 0 spiro atoms. The average molecular weight is 318 g/mol. The van der Waals surface area contributed by atoms with Crippen LogP contribution in [0.5, 0.6) is 0 Å². The van der Waals surface area contributed by atoms with E-state index in [4.69, 9.17) is 13.7 Å². The molecular formula is C12H16NO7S-. The number of carbonyl (C=O) groups excluding carboxylic acids is 2. The summed E-state index contributed by atoms with van der Waals surface area (Å²) in [6.07, 6.45) is -0.782. The second-order valence-corrected chi connectivity index (χ2v) is 5.59. The molecule has 0 aromatic heterocycles. The number of rotatable bonds is 6. The van der Waals surface area contributed by atoms with E-state index in [0.29, 0.717) is 6.42 Å². The average Bonchev–Trinajstić information content (AvgIpc) is 2.94. The Morgan fingerprint density at radius 3 is 2.86 bits per heavy atom. The minimum Gasteiger partial charge on any atom is -0.750 e. The Hall–Kier alpha value is -1.29. The lowest BCUT2D eigenvalue weighted by Gasteiger charge is -2.30. The van der Waals surface area contributed by atoms with Gasteiger partial charge in [0.15, 0.2) is 6.10 Å². The molecule has 118 valence electrons. The van der Waals surface area contributed by atoms with E-state index < -0.39 is 47.7 Å². The normalized spacial score (nSPS) is 35.2. The summed E-state index contributed by atoms with van der Waals surface area (Å²) in [5.41, 5.74) is 0. The van der Waals surface area contributed by atoms with Crippen LogP contribution in [0, 0.1) is 5.92 Å². The number of carbonyl (C=O) groups is 2. The minimum absolute atomic E-state index is 0.135. The van der Waals surface area contributed by atoms with Crippen molar-refractivity contribution in [3.63, 3.8) is 0 Å². The molecule has 6 atom stereocenters. The standard InChI is InChI=1S/C12H17NO7S/c1-3-8(14)13-5-9(15)19-12-10-6(2)4-7(18-10)11(12)20-21(16)17/h3,6-7,10-12H,1,4-5H2,2H3,(H,13,14)(H,16,17)/p-1. The third kappa shape index (κ3) is 3.67. The molecule has 2 bridgehead atoms. The second-order valence-electron chi connectivity index (χ2n) is 4.99. The Kier molecular flexibility index (Phi) is 5.09. The molecule has 9 heteroatoms. The molecule has 1 amide bonds. The zero-order chi connectivity index (χ0) is 15.6. The Morgan fingerprint density at radius 2 is 2.24 bits per heavy atom. The highest BCUT2D eigenvalue weighted by Crippen LogP contribution is 2.42. The molecule has 2 aliphatic heterocycles. The SMILES string of the molecule is C=CC(=O)NCC(=O)OC1C2OC(CC2C)C1OS(=O)[O-]. The van der Waals surface area contributed by atoms with Gasteiger partial charge in [0.1, 0.15) is 18.8 Å². The van der Waals surface area contributed by atoms with E-state index in [-0.39, 0.29) is 12.5 Å². The summed E-state index contributed by atoms with van der Waals surface area (Å²) in [4.78, 5) is 22.7. The number of ether oxygens (including phenoxy) is 2. The lowest BCUT2D eigenvalue weighted by atomic mass is 9.86. The van der Waals surface area contributed by atoms with Crippen molar-refractivity contribution in [3.8, 4) is 0 Å². The summed E-state index contributed by atoms with van der Waals surface area (Å²) in [5, 5.41) is 2.28. The molecule has 0 aliphatic carbocycles. The first kappa shape index (κ1) is 16.1. The van der Waals surface area contributed by atoms with E-state index in [1.54, 1.807) is 0 Å². The summed E-state index contributed by atoms with van der Waals surface area (Å²) >= 11 is -2.72. The van der Waals surface area contributed by atoms with E-state index in [9.17, 15) is 18.4 Å². The van der Waals surface area contributed by atoms with Crippen molar-refractivity contribution < 1.29 is 32.0 Å². The van der Waals surface area contributed by atoms with Gasteiger partial charge in [-0.15, -0.1) is 0 Å². The highest BCUT2D eigenvalue weighted by Gasteiger charge is 2.55. The van der Waals surface area contributed by atoms with Gasteiger partial charge in [0.25, 0.3) is 0 Å². The monoisotopic (exact) mass is 318 g/mol. The molecule has 2 saturated heterocycles. The van der Waals surface area contributed by atoms with Crippen LogP contribution in [0.25, 0.3) is 0 Å². The van der Waals surface area contributed by atoms with Crippen LogP contribution in [0.15, 0.2) is 12.7 Å². The number of esters is 1. The van der Waals surface area contributed by atoms with Crippen molar-refractivity contribution in [2.45, 2.75) is 37.8 Å². The molecule has 8 nitrogen and oxygen atoms in total. The van der Waals surface area contributed by atoms with Crippen molar-refractivity contribution in [2.75, 3.05) is 6.54 Å². The first-order chi connectivity index (χ1) is 9.92. The van der Waals surface area contributed by atoms with Gasteiger partial charge in [-0.2, -0.15) is 0 Å². The molecule has 6 unspecified atom stereocenters. The smallest absolute Gasteiger partial charge is 0.325 e. The zero-order valence-electron chi connectivity index (χ0n) is 11.4. The summed E-state index contributed by atoms with van der Waals surface area (Å²) in [5.74, 6) is -1.06. The summed E-state index contributed by atoms with van der Waals surface area (Å²) in [6, 6.07) is 0. The van der Waals surface area contributed by atoms with Gasteiger partial charge >= 0.3 is 5.97 Å². The summed E-state index contributed by atoms with van der Waals surface area (Å²) in [7, 11) is 0. The molecular weight excluding hydrogens is 302 g/mol. The fraction of sp³-hybridized carbons (Fsp3) is 0.667. The van der Waals surface area contributed by atoms with Crippen molar-refractivity contribution in [3.05, 3.63) is 12.7 Å². The Morgan fingerprint density at radius 1 is 1.52 bits per heavy atom. The van der Waals surface area contributed by atoms with E-state index in [2.05, 4.69) is 11.9 Å². The number of nitrogens with one attached hydrogen (secondary N) is 1. The van der Waals surface area contributed by atoms with Crippen LogP contribution >= 0.6 is 0 Å². The lowest BCUT2D eigenvalue weighted by Crippen LogP contribution is -2.46. The molecule has 2 rings (SSSR count). The molecule has 2 heterocycles. The number of amides is 1. The Balaban J connectivity index is 1.95. The van der Waals surface area contributed by atoms with Gasteiger partial charge in [-0.1, -0.05) is 13.5 Å². The maximum atomic E-state index is 11.7. The molecule has 21 heavy (non-hydrogen) atoms. The van der Waals surface area contributed by atoms with Crippen molar-refractivity contribution >= 4 is 23.2 Å². The summed E-state index contributed by atoms with van der Waals surface area (Å²) in [6.45, 7) is 4.85. The quantitative estimate of drug-likeness (QED) is 0.387. The van der Waals surface area contributed by atoms with Gasteiger partial charge in [0.2, 0.25) is 5.91 Å². The van der Waals surface area contributed by atoms with Crippen LogP contribution in [0.3, 0.4) is 0 Å². The van der Waals surface area contributed by atoms with Crippen LogP contribution < -0.4 is 5.32 Å². The van der Waals surface area contributed by atoms with Gasteiger partial charge in [0, 0.05) is 0 Å². The van der Waals surface area contributed by atoms with Crippen LogP contribution in [0.4, 0.5) is 0 Å². The van der Waals surface area contributed by atoms with E-state index in [0.717, 1.165) is 6.08 Å². The number of hydrogen-bond donors (Lipinski definition) is 1. The van der Waals surface area contributed by atoms with E-state index >= 15 is 0 Å². The van der Waals surface area contributed by atoms with Crippen molar-refractivity contribution in [1.82, 2.24) is 5.32 Å². The molecule has 0 saturated carbocycles. The first-order valence-corrected chi connectivity index (χ1v) is 7.44. The Bertz CT molecular complexity index is 469. The van der Waals surface area contributed by atoms with Crippen molar-refractivity contribution in [1.29, 1.82) is 0 Å². The molecule has 2 fully saturated rings. The van der Waals surface area contributed by atoms with Crippen LogP contribution in [0.1, 0.15) is 13.3 Å². The van der Waals surface area contributed by atoms with E-state index in [1.165, 1.54) is 0 Å².